The van der Waals surface area contributed by atoms with E-state index in [-0.39, 0.29) is 11.9 Å². The lowest BCUT2D eigenvalue weighted by Crippen LogP contribution is -2.57. The molecule has 3 heterocycles. The molecule has 0 saturated carbocycles. The lowest BCUT2D eigenvalue weighted by atomic mass is 10.1. The van der Waals surface area contributed by atoms with Gasteiger partial charge in [0.05, 0.1) is 6.04 Å². The smallest absolute Gasteiger partial charge is 0.272 e. The van der Waals surface area contributed by atoms with Crippen molar-refractivity contribution < 1.29 is 4.79 Å². The fourth-order valence-corrected chi connectivity index (χ4v) is 1.94. The van der Waals surface area contributed by atoms with E-state index < -0.39 is 0 Å². The third kappa shape index (κ3) is 2.52. The van der Waals surface area contributed by atoms with Gasteiger partial charge >= 0.3 is 0 Å². The zero-order valence-corrected chi connectivity index (χ0v) is 10.2. The van der Waals surface area contributed by atoms with Gasteiger partial charge in [-0.25, -0.2) is 9.97 Å². The molecule has 2 aromatic rings. The molecule has 1 aliphatic rings. The largest absolute Gasteiger partial charge is 0.348 e. The van der Waals surface area contributed by atoms with Crippen LogP contribution in [0.3, 0.4) is 0 Å². The lowest BCUT2D eigenvalue weighted by molar-refractivity contribution is 0.0618. The van der Waals surface area contributed by atoms with E-state index in [1.807, 2.05) is 6.07 Å². The summed E-state index contributed by atoms with van der Waals surface area (Å²) in [5.74, 6) is 0.560. The van der Waals surface area contributed by atoms with Gasteiger partial charge in [0, 0.05) is 31.7 Å². The Morgan fingerprint density at radius 1 is 1.11 bits per heavy atom. The van der Waals surface area contributed by atoms with Gasteiger partial charge in [0.25, 0.3) is 5.91 Å². The van der Waals surface area contributed by atoms with Gasteiger partial charge in [-0.1, -0.05) is 6.07 Å². The van der Waals surface area contributed by atoms with E-state index in [9.17, 15) is 4.79 Å². The summed E-state index contributed by atoms with van der Waals surface area (Å²) < 4.78 is 0. The molecule has 1 aliphatic heterocycles. The Kier molecular flexibility index (Phi) is 3.06. The van der Waals surface area contributed by atoms with Crippen LogP contribution in [0.5, 0.6) is 0 Å². The van der Waals surface area contributed by atoms with Crippen molar-refractivity contribution in [2.45, 2.75) is 6.04 Å². The summed E-state index contributed by atoms with van der Waals surface area (Å²) in [6.07, 6.45) is 5.00. The molecule has 0 unspecified atom stereocenters. The van der Waals surface area contributed by atoms with Crippen molar-refractivity contribution in [2.24, 2.45) is 0 Å². The highest BCUT2D eigenvalue weighted by atomic mass is 16.2. The van der Waals surface area contributed by atoms with Gasteiger partial charge in [0.2, 0.25) is 5.95 Å². The van der Waals surface area contributed by atoms with Crippen molar-refractivity contribution in [3.8, 4) is 0 Å². The number of hydrogen-bond acceptors (Lipinski definition) is 5. The summed E-state index contributed by atoms with van der Waals surface area (Å²) in [5.41, 5.74) is 0.483. The highest BCUT2D eigenvalue weighted by Gasteiger charge is 2.31. The molecule has 6 nitrogen and oxygen atoms in total. The lowest BCUT2D eigenvalue weighted by Gasteiger charge is -2.39. The predicted octanol–water partition coefficient (Wildman–Crippen LogP) is 0.808. The Morgan fingerprint density at radius 2 is 1.84 bits per heavy atom. The van der Waals surface area contributed by atoms with Crippen LogP contribution in [-0.2, 0) is 0 Å². The fourth-order valence-electron chi connectivity index (χ4n) is 1.94. The molecule has 1 N–H and O–H groups in total. The van der Waals surface area contributed by atoms with Crippen molar-refractivity contribution in [3.63, 3.8) is 0 Å². The van der Waals surface area contributed by atoms with Crippen molar-refractivity contribution in [3.05, 3.63) is 48.5 Å². The second-order valence-electron chi connectivity index (χ2n) is 4.34. The van der Waals surface area contributed by atoms with Crippen LogP contribution in [0.2, 0.25) is 0 Å². The van der Waals surface area contributed by atoms with Gasteiger partial charge in [-0.3, -0.25) is 9.78 Å². The average Bonchev–Trinajstić information content (AvgIpc) is 2.44. The number of pyridine rings is 1. The Hall–Kier alpha value is -2.50. The van der Waals surface area contributed by atoms with Crippen molar-refractivity contribution in [1.82, 2.24) is 19.9 Å². The van der Waals surface area contributed by atoms with Gasteiger partial charge in [-0.05, 0) is 18.2 Å². The molecule has 3 rings (SSSR count). The molecule has 1 saturated heterocycles. The minimum absolute atomic E-state index is 0.0346. The predicted molar refractivity (Wildman–Crippen MR) is 69.6 cm³/mol. The topological polar surface area (TPSA) is 71.0 Å². The molecular weight excluding hydrogens is 242 g/mol. The summed E-state index contributed by atoms with van der Waals surface area (Å²) in [4.78, 5) is 26.0. The zero-order chi connectivity index (χ0) is 13.1. The van der Waals surface area contributed by atoms with Crippen LogP contribution in [0.25, 0.3) is 0 Å². The summed E-state index contributed by atoms with van der Waals surface area (Å²) in [6.45, 7) is 1.29. The van der Waals surface area contributed by atoms with E-state index in [1.54, 1.807) is 41.7 Å². The first-order valence-electron chi connectivity index (χ1n) is 6.07. The third-order valence-electron chi connectivity index (χ3n) is 2.95. The number of carbonyl (C=O) groups excluding carboxylic acids is 1. The molecule has 0 aliphatic carbocycles. The van der Waals surface area contributed by atoms with Crippen LogP contribution in [-0.4, -0.2) is 44.9 Å². The quantitative estimate of drug-likeness (QED) is 0.878. The summed E-state index contributed by atoms with van der Waals surface area (Å²) in [5, 5.41) is 3.18. The Balaban J connectivity index is 1.54. The minimum atomic E-state index is -0.0346. The van der Waals surface area contributed by atoms with E-state index in [0.717, 1.165) is 0 Å². The average molecular weight is 255 g/mol. The van der Waals surface area contributed by atoms with Crippen LogP contribution in [0, 0.1) is 0 Å². The van der Waals surface area contributed by atoms with Gasteiger partial charge < -0.3 is 10.2 Å². The number of amides is 1. The van der Waals surface area contributed by atoms with E-state index in [2.05, 4.69) is 20.3 Å². The molecule has 0 radical (unpaired) electrons. The van der Waals surface area contributed by atoms with Crippen LogP contribution >= 0.6 is 0 Å². The number of carbonyl (C=O) groups is 1. The van der Waals surface area contributed by atoms with E-state index in [1.165, 1.54) is 0 Å². The number of aromatic nitrogens is 3. The van der Waals surface area contributed by atoms with E-state index in [0.29, 0.717) is 24.7 Å². The molecule has 6 heteroatoms. The third-order valence-corrected chi connectivity index (χ3v) is 2.95. The first kappa shape index (κ1) is 11.6. The van der Waals surface area contributed by atoms with Gasteiger partial charge in [0.15, 0.2) is 0 Å². The Labute approximate surface area is 110 Å². The van der Waals surface area contributed by atoms with Crippen molar-refractivity contribution in [2.75, 3.05) is 18.4 Å². The summed E-state index contributed by atoms with van der Waals surface area (Å²) in [7, 11) is 0. The summed E-state index contributed by atoms with van der Waals surface area (Å²) >= 11 is 0. The molecule has 1 amide bonds. The van der Waals surface area contributed by atoms with Crippen LogP contribution in [0.1, 0.15) is 10.5 Å². The SMILES string of the molecule is O=C(c1ccccn1)N1CC(Nc2ncccn2)C1. The number of hydrogen-bond donors (Lipinski definition) is 1. The standard InChI is InChI=1S/C13H13N5O/c19-12(11-4-1-2-5-14-11)18-8-10(9-18)17-13-15-6-3-7-16-13/h1-7,10H,8-9H2,(H,15,16,17). The molecule has 0 atom stereocenters. The molecular formula is C13H13N5O. The van der Waals surface area contributed by atoms with Crippen LogP contribution in [0.4, 0.5) is 5.95 Å². The molecule has 1 fully saturated rings. The molecule has 0 aromatic carbocycles. The Morgan fingerprint density at radius 3 is 2.53 bits per heavy atom. The normalized spacial score (nSPS) is 14.8. The summed E-state index contributed by atoms with van der Waals surface area (Å²) in [6, 6.07) is 7.30. The van der Waals surface area contributed by atoms with Gasteiger partial charge in [-0.15, -0.1) is 0 Å². The maximum Gasteiger partial charge on any atom is 0.272 e. The fraction of sp³-hybridized carbons (Fsp3) is 0.231. The highest BCUT2D eigenvalue weighted by Crippen LogP contribution is 2.14. The molecule has 0 bridgehead atoms. The van der Waals surface area contributed by atoms with E-state index >= 15 is 0 Å². The van der Waals surface area contributed by atoms with Crippen molar-refractivity contribution >= 4 is 11.9 Å². The number of nitrogens with one attached hydrogen (secondary N) is 1. The maximum atomic E-state index is 12.0. The zero-order valence-electron chi connectivity index (χ0n) is 10.2. The number of rotatable bonds is 3. The second-order valence-corrected chi connectivity index (χ2v) is 4.34. The number of nitrogens with zero attached hydrogens (tertiary/aromatic N) is 4. The number of likely N-dealkylation sites (tertiary alicyclic amines) is 1. The van der Waals surface area contributed by atoms with Crippen molar-refractivity contribution in [1.29, 1.82) is 0 Å². The van der Waals surface area contributed by atoms with Gasteiger partial charge in [-0.2, -0.15) is 0 Å². The van der Waals surface area contributed by atoms with Gasteiger partial charge in [0.1, 0.15) is 5.69 Å². The minimum Gasteiger partial charge on any atom is -0.348 e. The van der Waals surface area contributed by atoms with Crippen LogP contribution in [0.15, 0.2) is 42.9 Å². The second kappa shape index (κ2) is 5.01. The molecule has 19 heavy (non-hydrogen) atoms. The Bertz CT molecular complexity index is 554. The number of anilines is 1. The monoisotopic (exact) mass is 255 g/mol. The van der Waals surface area contributed by atoms with Crippen LogP contribution < -0.4 is 5.32 Å². The highest BCUT2D eigenvalue weighted by molar-refractivity contribution is 5.92. The molecule has 2 aromatic heterocycles. The molecule has 0 spiro atoms. The first-order valence-corrected chi connectivity index (χ1v) is 6.07. The van der Waals surface area contributed by atoms with E-state index in [4.69, 9.17) is 0 Å². The first-order chi connectivity index (χ1) is 9.33. The maximum absolute atomic E-state index is 12.0. The molecule has 96 valence electrons.